The lowest BCUT2D eigenvalue weighted by Gasteiger charge is -2.09. The topological polar surface area (TPSA) is 49.8 Å². The van der Waals surface area contributed by atoms with Gasteiger partial charge in [-0.3, -0.25) is 14.6 Å². The third kappa shape index (κ3) is 1.95. The summed E-state index contributed by atoms with van der Waals surface area (Å²) in [5, 5.41) is 5.66. The molecule has 0 amide bonds. The number of aromatic nitrogens is 2. The fraction of sp³-hybridized carbons (Fsp3) is 0.250. The van der Waals surface area contributed by atoms with E-state index in [0.717, 1.165) is 17.8 Å². The van der Waals surface area contributed by atoms with E-state index in [1.54, 1.807) is 0 Å². The Morgan fingerprint density at radius 1 is 1.11 bits per heavy atom. The molecule has 2 heterocycles. The monoisotopic (exact) mass is 269 g/mol. The molecule has 0 saturated heterocycles. The van der Waals surface area contributed by atoms with Gasteiger partial charge in [-0.2, -0.15) is 13.2 Å². The lowest BCUT2D eigenvalue weighted by Crippen LogP contribution is -2.14. The van der Waals surface area contributed by atoms with Crippen LogP contribution < -0.4 is 10.9 Å². The number of aromatic amines is 1. The zero-order valence-electron chi connectivity index (χ0n) is 9.71. The molecule has 1 aliphatic rings. The van der Waals surface area contributed by atoms with Crippen molar-refractivity contribution in [3.05, 3.63) is 51.4 Å². The van der Waals surface area contributed by atoms with Gasteiger partial charge in [-0.05, 0) is 24.3 Å². The lowest BCUT2D eigenvalue weighted by molar-refractivity contribution is -0.137. The van der Waals surface area contributed by atoms with Crippen molar-refractivity contribution in [1.82, 2.24) is 15.1 Å². The van der Waals surface area contributed by atoms with Crippen LogP contribution in [-0.2, 0) is 19.3 Å². The van der Waals surface area contributed by atoms with E-state index < -0.39 is 11.7 Å². The van der Waals surface area contributed by atoms with Crippen LogP contribution in [-0.4, -0.2) is 9.78 Å². The van der Waals surface area contributed by atoms with E-state index in [1.165, 1.54) is 16.8 Å². The fourth-order valence-corrected chi connectivity index (χ4v) is 2.20. The number of benzene rings is 1. The van der Waals surface area contributed by atoms with Crippen molar-refractivity contribution < 1.29 is 13.2 Å². The van der Waals surface area contributed by atoms with Gasteiger partial charge >= 0.3 is 6.18 Å². The summed E-state index contributed by atoms with van der Waals surface area (Å²) in [4.78, 5) is 11.6. The van der Waals surface area contributed by atoms with Crippen LogP contribution in [0.25, 0.3) is 5.69 Å². The number of nitrogens with one attached hydrogen (secondary N) is 2. The highest BCUT2D eigenvalue weighted by molar-refractivity contribution is 5.38. The normalized spacial score (nSPS) is 14.7. The number of alkyl halides is 3. The van der Waals surface area contributed by atoms with Gasteiger partial charge in [0, 0.05) is 13.1 Å². The minimum Gasteiger partial charge on any atom is -0.307 e. The van der Waals surface area contributed by atoms with Gasteiger partial charge in [0.25, 0.3) is 5.56 Å². The smallest absolute Gasteiger partial charge is 0.307 e. The number of nitrogens with zero attached hydrogens (tertiary/aromatic N) is 1. The highest BCUT2D eigenvalue weighted by atomic mass is 19.4. The maximum Gasteiger partial charge on any atom is 0.416 e. The lowest BCUT2D eigenvalue weighted by atomic mass is 10.2. The molecule has 0 unspecified atom stereocenters. The molecular formula is C12H10F3N3O. The molecule has 4 nitrogen and oxygen atoms in total. The number of halogens is 3. The van der Waals surface area contributed by atoms with E-state index in [-0.39, 0.29) is 5.56 Å². The second-order valence-corrected chi connectivity index (χ2v) is 4.35. The summed E-state index contributed by atoms with van der Waals surface area (Å²) in [6.45, 7) is 1.01. The average molecular weight is 269 g/mol. The summed E-state index contributed by atoms with van der Waals surface area (Å²) in [6, 6.07) is 4.69. The number of hydrogen-bond acceptors (Lipinski definition) is 2. The van der Waals surface area contributed by atoms with Crippen LogP contribution >= 0.6 is 0 Å². The summed E-state index contributed by atoms with van der Waals surface area (Å²) >= 11 is 0. The maximum absolute atomic E-state index is 12.5. The van der Waals surface area contributed by atoms with E-state index in [9.17, 15) is 18.0 Å². The van der Waals surface area contributed by atoms with Crippen molar-refractivity contribution in [2.24, 2.45) is 0 Å². The maximum atomic E-state index is 12.5. The quantitative estimate of drug-likeness (QED) is 0.829. The molecule has 7 heteroatoms. The molecule has 1 aromatic heterocycles. The van der Waals surface area contributed by atoms with Crippen LogP contribution in [0, 0.1) is 0 Å². The third-order valence-electron chi connectivity index (χ3n) is 3.15. The summed E-state index contributed by atoms with van der Waals surface area (Å²) < 4.78 is 38.9. The number of rotatable bonds is 1. The van der Waals surface area contributed by atoms with Gasteiger partial charge in [0.1, 0.15) is 0 Å². The molecular weight excluding hydrogens is 259 g/mol. The molecule has 19 heavy (non-hydrogen) atoms. The number of H-pyrrole nitrogens is 1. The van der Waals surface area contributed by atoms with Crippen LogP contribution in [0.2, 0.25) is 0 Å². The molecule has 0 aliphatic carbocycles. The Morgan fingerprint density at radius 2 is 1.79 bits per heavy atom. The van der Waals surface area contributed by atoms with Crippen molar-refractivity contribution in [1.29, 1.82) is 0 Å². The van der Waals surface area contributed by atoms with Gasteiger partial charge in [-0.15, -0.1) is 0 Å². The van der Waals surface area contributed by atoms with Crippen molar-refractivity contribution in [2.75, 3.05) is 0 Å². The van der Waals surface area contributed by atoms with Gasteiger partial charge in [0.05, 0.1) is 22.5 Å². The first-order chi connectivity index (χ1) is 8.97. The summed E-state index contributed by atoms with van der Waals surface area (Å²) in [5.41, 5.74) is 1.00. The SMILES string of the molecule is O=c1[nH]n(-c2ccc(C(F)(F)F)cc2)c2c1CNC2. The molecule has 100 valence electrons. The fourth-order valence-electron chi connectivity index (χ4n) is 2.20. The first kappa shape index (κ1) is 12.0. The molecule has 0 saturated carbocycles. The molecule has 2 N–H and O–H groups in total. The van der Waals surface area contributed by atoms with E-state index in [0.29, 0.717) is 24.3 Å². The van der Waals surface area contributed by atoms with Crippen molar-refractivity contribution in [3.8, 4) is 5.69 Å². The number of hydrogen-bond donors (Lipinski definition) is 2. The molecule has 2 aromatic rings. The zero-order chi connectivity index (χ0) is 13.6. The molecule has 0 bridgehead atoms. The first-order valence-corrected chi connectivity index (χ1v) is 5.68. The Labute approximate surface area is 105 Å². The highest BCUT2D eigenvalue weighted by Gasteiger charge is 2.30. The second-order valence-electron chi connectivity index (χ2n) is 4.35. The Kier molecular flexibility index (Phi) is 2.53. The van der Waals surface area contributed by atoms with E-state index in [4.69, 9.17) is 0 Å². The third-order valence-corrected chi connectivity index (χ3v) is 3.15. The Bertz CT molecular complexity index is 667. The van der Waals surface area contributed by atoms with Crippen molar-refractivity contribution in [3.63, 3.8) is 0 Å². The van der Waals surface area contributed by atoms with Gasteiger partial charge in [-0.1, -0.05) is 0 Å². The van der Waals surface area contributed by atoms with Gasteiger partial charge < -0.3 is 5.32 Å². The van der Waals surface area contributed by atoms with Gasteiger partial charge in [-0.25, -0.2) is 0 Å². The molecule has 1 aliphatic heterocycles. The second kappa shape index (κ2) is 3.99. The predicted octanol–water partition coefficient (Wildman–Crippen LogP) is 1.79. The highest BCUT2D eigenvalue weighted by Crippen LogP contribution is 2.29. The minimum absolute atomic E-state index is 0.208. The average Bonchev–Trinajstić information content (AvgIpc) is 2.93. The van der Waals surface area contributed by atoms with Crippen LogP contribution in [0.4, 0.5) is 13.2 Å². The van der Waals surface area contributed by atoms with Crippen molar-refractivity contribution in [2.45, 2.75) is 19.3 Å². The van der Waals surface area contributed by atoms with Crippen LogP contribution in [0.1, 0.15) is 16.8 Å². The summed E-state index contributed by atoms with van der Waals surface area (Å²) in [6.07, 6.45) is -4.36. The van der Waals surface area contributed by atoms with E-state index in [1.807, 2.05) is 0 Å². The zero-order valence-corrected chi connectivity index (χ0v) is 9.71. The minimum atomic E-state index is -4.36. The predicted molar refractivity (Wildman–Crippen MR) is 61.9 cm³/mol. The Morgan fingerprint density at radius 3 is 2.42 bits per heavy atom. The summed E-state index contributed by atoms with van der Waals surface area (Å²) in [7, 11) is 0. The standard InChI is InChI=1S/C12H10F3N3O/c13-12(14,15)7-1-3-8(4-2-7)18-10-6-16-5-9(10)11(19)17-18/h1-4,16H,5-6H2,(H,17,19). The largest absolute Gasteiger partial charge is 0.416 e. The van der Waals surface area contributed by atoms with E-state index in [2.05, 4.69) is 10.4 Å². The molecule has 0 radical (unpaired) electrons. The van der Waals surface area contributed by atoms with Crippen molar-refractivity contribution >= 4 is 0 Å². The van der Waals surface area contributed by atoms with Crippen LogP contribution in [0.15, 0.2) is 29.1 Å². The Hall–Kier alpha value is -2.02. The van der Waals surface area contributed by atoms with Gasteiger partial charge in [0.2, 0.25) is 0 Å². The molecule has 0 spiro atoms. The number of fused-ring (bicyclic) bond motifs is 1. The van der Waals surface area contributed by atoms with Gasteiger partial charge in [0.15, 0.2) is 0 Å². The molecule has 3 rings (SSSR count). The van der Waals surface area contributed by atoms with E-state index >= 15 is 0 Å². The molecule has 0 fully saturated rings. The first-order valence-electron chi connectivity index (χ1n) is 5.68. The molecule has 0 atom stereocenters. The van der Waals surface area contributed by atoms with Crippen LogP contribution in [0.3, 0.4) is 0 Å². The van der Waals surface area contributed by atoms with Crippen LogP contribution in [0.5, 0.6) is 0 Å². The Balaban J connectivity index is 2.04. The molecule has 1 aromatic carbocycles. The summed E-state index contributed by atoms with van der Waals surface area (Å²) in [5.74, 6) is 0.